The maximum absolute atomic E-state index is 6.49. The first-order chi connectivity index (χ1) is 25.7. The van der Waals surface area contributed by atoms with Gasteiger partial charge in [0.25, 0.3) is 0 Å². The summed E-state index contributed by atoms with van der Waals surface area (Å²) in [4.78, 5) is 2.50. The van der Waals surface area contributed by atoms with Crippen LogP contribution >= 0.6 is 0 Å². The molecule has 1 aliphatic heterocycles. The highest BCUT2D eigenvalue weighted by atomic mass is 16.3. The molecule has 10 rings (SSSR count). The Labute approximate surface area is 303 Å². The molecular formula is C50H35NO. The molecule has 0 unspecified atom stereocenters. The van der Waals surface area contributed by atoms with Gasteiger partial charge in [-0.15, -0.1) is 0 Å². The lowest BCUT2D eigenvalue weighted by molar-refractivity contribution is 0.670. The smallest absolute Gasteiger partial charge is 0.143 e. The Morgan fingerprint density at radius 1 is 0.346 bits per heavy atom. The number of benzene rings is 8. The third kappa shape index (κ3) is 5.37. The average molecular weight is 666 g/mol. The van der Waals surface area contributed by atoms with E-state index in [0.29, 0.717) is 0 Å². The number of anilines is 1. The van der Waals surface area contributed by atoms with Gasteiger partial charge in [0.15, 0.2) is 0 Å². The molecule has 1 aliphatic rings. The molecule has 0 spiro atoms. The van der Waals surface area contributed by atoms with Crippen molar-refractivity contribution in [2.45, 2.75) is 13.1 Å². The van der Waals surface area contributed by atoms with E-state index in [9.17, 15) is 0 Å². The van der Waals surface area contributed by atoms with Crippen LogP contribution in [0.1, 0.15) is 11.1 Å². The van der Waals surface area contributed by atoms with E-state index in [2.05, 4.69) is 187 Å². The molecule has 2 nitrogen and oxygen atoms in total. The summed E-state index contributed by atoms with van der Waals surface area (Å²) < 4.78 is 6.49. The summed E-state index contributed by atoms with van der Waals surface area (Å²) >= 11 is 0. The third-order valence-electron chi connectivity index (χ3n) is 10.5. The van der Waals surface area contributed by atoms with Gasteiger partial charge in [-0.1, -0.05) is 140 Å². The lowest BCUT2D eigenvalue weighted by Gasteiger charge is -2.24. The number of furan rings is 1. The van der Waals surface area contributed by atoms with Crippen LogP contribution in [-0.4, -0.2) is 0 Å². The minimum Gasteiger partial charge on any atom is -0.455 e. The van der Waals surface area contributed by atoms with Crippen LogP contribution < -0.4 is 4.90 Å². The molecule has 2 heteroatoms. The molecule has 0 fully saturated rings. The lowest BCUT2D eigenvalue weighted by atomic mass is 9.89. The molecule has 52 heavy (non-hydrogen) atoms. The molecule has 246 valence electrons. The predicted octanol–water partition coefficient (Wildman–Crippen LogP) is 13.4. The van der Waals surface area contributed by atoms with Gasteiger partial charge in [0.1, 0.15) is 11.2 Å². The highest BCUT2D eigenvalue weighted by molar-refractivity contribution is 6.09. The average Bonchev–Trinajstić information content (AvgIpc) is 3.52. The zero-order valence-corrected chi connectivity index (χ0v) is 28.7. The number of fused-ring (bicyclic) bond motifs is 6. The molecule has 0 N–H and O–H groups in total. The summed E-state index contributed by atoms with van der Waals surface area (Å²) in [5, 5.41) is 2.30. The molecule has 9 aromatic rings. The zero-order valence-electron chi connectivity index (χ0n) is 28.7. The highest BCUT2D eigenvalue weighted by Crippen LogP contribution is 2.42. The van der Waals surface area contributed by atoms with Gasteiger partial charge in [-0.3, -0.25) is 0 Å². The first-order valence-electron chi connectivity index (χ1n) is 18.0. The summed E-state index contributed by atoms with van der Waals surface area (Å²) in [6.45, 7) is 1.63. The standard InChI is InChI=1S/C50H35NO/c1-4-13-34(14-5-1)39-28-40(35-15-6-2-7-16-35)30-41(29-39)36-25-26-44-42(27-36)33-51(43-17-8-3-9-18-43)32-38-24-23-37(31-48(38)44)45-20-12-21-47-46-19-10-11-22-49(46)52-50(45)47/h1-31H,32-33H2. The van der Waals surface area contributed by atoms with Crippen molar-refractivity contribution in [3.63, 3.8) is 0 Å². The fourth-order valence-corrected chi connectivity index (χ4v) is 7.95. The van der Waals surface area contributed by atoms with Crippen molar-refractivity contribution in [1.29, 1.82) is 0 Å². The Morgan fingerprint density at radius 3 is 1.67 bits per heavy atom. The third-order valence-corrected chi connectivity index (χ3v) is 10.5. The van der Waals surface area contributed by atoms with Gasteiger partial charge in [-0.05, 0) is 110 Å². The van der Waals surface area contributed by atoms with E-state index in [1.807, 2.05) is 6.07 Å². The minimum absolute atomic E-state index is 0.806. The van der Waals surface area contributed by atoms with E-state index in [1.54, 1.807) is 0 Å². The van der Waals surface area contributed by atoms with Crippen molar-refractivity contribution in [2.75, 3.05) is 4.90 Å². The summed E-state index contributed by atoms with van der Waals surface area (Å²) in [5.74, 6) is 0. The van der Waals surface area contributed by atoms with Crippen molar-refractivity contribution in [3.8, 4) is 55.6 Å². The second-order valence-corrected chi connectivity index (χ2v) is 13.7. The zero-order chi connectivity index (χ0) is 34.4. The fraction of sp³-hybridized carbons (Fsp3) is 0.0400. The first-order valence-corrected chi connectivity index (χ1v) is 18.0. The Bertz CT molecular complexity index is 2670. The van der Waals surface area contributed by atoms with E-state index >= 15 is 0 Å². The van der Waals surface area contributed by atoms with Crippen molar-refractivity contribution < 1.29 is 4.42 Å². The van der Waals surface area contributed by atoms with E-state index < -0.39 is 0 Å². The predicted molar refractivity (Wildman–Crippen MR) is 217 cm³/mol. The topological polar surface area (TPSA) is 16.4 Å². The Kier molecular flexibility index (Phi) is 7.32. The summed E-state index contributed by atoms with van der Waals surface area (Å²) in [5.41, 5.74) is 17.8. The maximum Gasteiger partial charge on any atom is 0.143 e. The Morgan fingerprint density at radius 2 is 0.942 bits per heavy atom. The quantitative estimate of drug-likeness (QED) is 0.182. The molecule has 8 aromatic carbocycles. The molecular weight excluding hydrogens is 631 g/mol. The maximum atomic E-state index is 6.49. The lowest BCUT2D eigenvalue weighted by Crippen LogP contribution is -2.20. The molecule has 0 bridgehead atoms. The second kappa shape index (κ2) is 12.6. The first kappa shape index (κ1) is 30.2. The second-order valence-electron chi connectivity index (χ2n) is 13.7. The fourth-order valence-electron chi connectivity index (χ4n) is 7.95. The summed E-state index contributed by atoms with van der Waals surface area (Å²) in [7, 11) is 0. The van der Waals surface area contributed by atoms with Crippen LogP contribution in [0.25, 0.3) is 77.6 Å². The SMILES string of the molecule is c1ccc(-c2cc(-c3ccccc3)cc(-c3ccc4c(c3)CN(c3ccccc3)Cc3ccc(-c5cccc6c5oc5ccccc56)cc3-4)c2)cc1. The van der Waals surface area contributed by atoms with Gasteiger partial charge in [-0.2, -0.15) is 0 Å². The number of hydrogen-bond acceptors (Lipinski definition) is 2. The van der Waals surface area contributed by atoms with Crippen molar-refractivity contribution in [3.05, 3.63) is 199 Å². The molecule has 0 radical (unpaired) electrons. The van der Waals surface area contributed by atoms with Crippen LogP contribution in [0.2, 0.25) is 0 Å². The number of hydrogen-bond donors (Lipinski definition) is 0. The van der Waals surface area contributed by atoms with Gasteiger partial charge < -0.3 is 9.32 Å². The van der Waals surface area contributed by atoms with Gasteiger partial charge in [0.2, 0.25) is 0 Å². The van der Waals surface area contributed by atoms with Gasteiger partial charge >= 0.3 is 0 Å². The molecule has 0 atom stereocenters. The Balaban J connectivity index is 1.14. The summed E-state index contributed by atoms with van der Waals surface area (Å²) in [6, 6.07) is 68.1. The largest absolute Gasteiger partial charge is 0.455 e. The van der Waals surface area contributed by atoms with E-state index in [-0.39, 0.29) is 0 Å². The van der Waals surface area contributed by atoms with E-state index in [0.717, 1.165) is 46.2 Å². The normalized spacial score (nSPS) is 12.4. The van der Waals surface area contributed by atoms with Crippen LogP contribution in [-0.2, 0) is 13.1 Å². The van der Waals surface area contributed by atoms with Gasteiger partial charge in [0.05, 0.1) is 0 Å². The summed E-state index contributed by atoms with van der Waals surface area (Å²) in [6.07, 6.45) is 0. The molecule has 1 aromatic heterocycles. The van der Waals surface area contributed by atoms with Crippen molar-refractivity contribution >= 4 is 27.6 Å². The van der Waals surface area contributed by atoms with Crippen LogP contribution in [0, 0.1) is 0 Å². The number of nitrogens with zero attached hydrogens (tertiary/aromatic N) is 1. The minimum atomic E-state index is 0.806. The van der Waals surface area contributed by atoms with Crippen LogP contribution in [0.3, 0.4) is 0 Å². The molecule has 0 aliphatic carbocycles. The van der Waals surface area contributed by atoms with Gasteiger partial charge in [0, 0.05) is 35.1 Å². The Hall–Kier alpha value is -6.64. The van der Waals surface area contributed by atoms with Crippen LogP contribution in [0.4, 0.5) is 5.69 Å². The molecule has 2 heterocycles. The molecule has 0 saturated heterocycles. The van der Waals surface area contributed by atoms with Crippen molar-refractivity contribution in [2.24, 2.45) is 0 Å². The molecule has 0 saturated carbocycles. The van der Waals surface area contributed by atoms with Crippen molar-refractivity contribution in [1.82, 2.24) is 0 Å². The molecule has 0 amide bonds. The monoisotopic (exact) mass is 665 g/mol. The van der Waals surface area contributed by atoms with Crippen LogP contribution in [0.15, 0.2) is 192 Å². The number of para-hydroxylation sites is 3. The van der Waals surface area contributed by atoms with E-state index in [1.165, 1.54) is 61.3 Å². The number of rotatable bonds is 5. The van der Waals surface area contributed by atoms with E-state index in [4.69, 9.17) is 4.42 Å². The highest BCUT2D eigenvalue weighted by Gasteiger charge is 2.22. The van der Waals surface area contributed by atoms with Crippen LogP contribution in [0.5, 0.6) is 0 Å². The van der Waals surface area contributed by atoms with Gasteiger partial charge in [-0.25, -0.2) is 0 Å².